The van der Waals surface area contributed by atoms with Gasteiger partial charge in [0.25, 0.3) is 0 Å². The van der Waals surface area contributed by atoms with Crippen LogP contribution in [0.2, 0.25) is 0 Å². The lowest BCUT2D eigenvalue weighted by atomic mass is 10.1. The van der Waals surface area contributed by atoms with Crippen LogP contribution in [0.3, 0.4) is 0 Å². The number of nitrogens with zero attached hydrogens (tertiary/aromatic N) is 3. The second-order valence-electron chi connectivity index (χ2n) is 6.02. The zero-order chi connectivity index (χ0) is 15.9. The third-order valence-electron chi connectivity index (χ3n) is 4.25. The Morgan fingerprint density at radius 1 is 1.45 bits per heavy atom. The fraction of sp³-hybridized carbons (Fsp3) is 0.529. The van der Waals surface area contributed by atoms with E-state index in [1.165, 1.54) is 6.42 Å². The standard InChI is InChI=1S/C17H24N4O/c1-20-9-7-16(13-20)21(2)10-8-17(22)19-12-15-5-3-14(11-18)4-6-15/h3-6,16H,7-10,12-13H2,1-2H3,(H,19,22)/t16-/m1/s1. The first-order valence-corrected chi connectivity index (χ1v) is 7.73. The van der Waals surface area contributed by atoms with Crippen molar-refractivity contribution in [2.24, 2.45) is 0 Å². The van der Waals surface area contributed by atoms with Gasteiger partial charge in [0.15, 0.2) is 0 Å². The second kappa shape index (κ2) is 7.92. The summed E-state index contributed by atoms with van der Waals surface area (Å²) in [5.41, 5.74) is 1.65. The van der Waals surface area contributed by atoms with Gasteiger partial charge in [-0.25, -0.2) is 0 Å². The van der Waals surface area contributed by atoms with Gasteiger partial charge in [0, 0.05) is 32.1 Å². The van der Waals surface area contributed by atoms with Crippen LogP contribution in [0.4, 0.5) is 0 Å². The molecule has 1 N–H and O–H groups in total. The van der Waals surface area contributed by atoms with Gasteiger partial charge < -0.3 is 15.1 Å². The van der Waals surface area contributed by atoms with Crippen molar-refractivity contribution in [1.82, 2.24) is 15.1 Å². The van der Waals surface area contributed by atoms with E-state index in [1.807, 2.05) is 12.1 Å². The SMILES string of the molecule is CN1CC[C@@H](N(C)CCC(=O)NCc2ccc(C#N)cc2)C1. The molecule has 0 spiro atoms. The molecule has 2 rings (SSSR count). The summed E-state index contributed by atoms with van der Waals surface area (Å²) < 4.78 is 0. The maximum atomic E-state index is 11.9. The van der Waals surface area contributed by atoms with E-state index in [1.54, 1.807) is 12.1 Å². The molecule has 1 aliphatic heterocycles. The largest absolute Gasteiger partial charge is 0.352 e. The highest BCUT2D eigenvalue weighted by Crippen LogP contribution is 2.12. The lowest BCUT2D eigenvalue weighted by molar-refractivity contribution is -0.121. The number of benzene rings is 1. The Labute approximate surface area is 132 Å². The summed E-state index contributed by atoms with van der Waals surface area (Å²) in [6, 6.07) is 9.94. The average molecular weight is 300 g/mol. The minimum Gasteiger partial charge on any atom is -0.352 e. The van der Waals surface area contributed by atoms with Gasteiger partial charge in [-0.2, -0.15) is 5.26 Å². The first-order chi connectivity index (χ1) is 10.6. The smallest absolute Gasteiger partial charge is 0.221 e. The third kappa shape index (κ3) is 4.83. The minimum absolute atomic E-state index is 0.0718. The van der Waals surface area contributed by atoms with Crippen molar-refractivity contribution in [3.05, 3.63) is 35.4 Å². The van der Waals surface area contributed by atoms with Crippen molar-refractivity contribution in [1.29, 1.82) is 5.26 Å². The molecule has 0 radical (unpaired) electrons. The van der Waals surface area contributed by atoms with Gasteiger partial charge in [-0.15, -0.1) is 0 Å². The fourth-order valence-corrected chi connectivity index (χ4v) is 2.72. The highest BCUT2D eigenvalue weighted by atomic mass is 16.1. The van der Waals surface area contributed by atoms with E-state index < -0.39 is 0 Å². The van der Waals surface area contributed by atoms with Crippen LogP contribution in [0.25, 0.3) is 0 Å². The van der Waals surface area contributed by atoms with Gasteiger partial charge in [-0.3, -0.25) is 4.79 Å². The third-order valence-corrected chi connectivity index (χ3v) is 4.25. The highest BCUT2D eigenvalue weighted by Gasteiger charge is 2.23. The number of nitrogens with one attached hydrogen (secondary N) is 1. The maximum Gasteiger partial charge on any atom is 0.221 e. The molecule has 118 valence electrons. The van der Waals surface area contributed by atoms with Gasteiger partial charge >= 0.3 is 0 Å². The number of nitriles is 1. The Bertz CT molecular complexity index is 535. The number of hydrogen-bond acceptors (Lipinski definition) is 4. The lowest BCUT2D eigenvalue weighted by Gasteiger charge is -2.23. The average Bonchev–Trinajstić information content (AvgIpc) is 2.97. The monoisotopic (exact) mass is 300 g/mol. The molecule has 5 nitrogen and oxygen atoms in total. The Hall–Kier alpha value is -1.90. The van der Waals surface area contributed by atoms with E-state index >= 15 is 0 Å². The molecule has 1 aromatic carbocycles. The van der Waals surface area contributed by atoms with Gasteiger partial charge in [-0.05, 0) is 44.8 Å². The molecular formula is C17H24N4O. The molecule has 0 saturated carbocycles. The first kappa shape index (κ1) is 16.5. The Kier molecular flexibility index (Phi) is 5.93. The molecule has 0 aliphatic carbocycles. The number of carbonyl (C=O) groups is 1. The predicted octanol–water partition coefficient (Wildman–Crippen LogP) is 1.20. The van der Waals surface area contributed by atoms with Gasteiger partial charge in [0.2, 0.25) is 5.91 Å². The number of likely N-dealkylation sites (tertiary alicyclic amines) is 1. The van der Waals surface area contributed by atoms with Crippen LogP contribution >= 0.6 is 0 Å². The Morgan fingerprint density at radius 3 is 2.77 bits per heavy atom. The normalized spacial score (nSPS) is 18.4. The summed E-state index contributed by atoms with van der Waals surface area (Å²) in [6.07, 6.45) is 1.70. The van der Waals surface area contributed by atoms with E-state index in [0.717, 1.165) is 25.2 Å². The van der Waals surface area contributed by atoms with Crippen LogP contribution in [0.1, 0.15) is 24.0 Å². The van der Waals surface area contributed by atoms with Crippen LogP contribution in [-0.4, -0.2) is 55.5 Å². The van der Waals surface area contributed by atoms with Crippen molar-refractivity contribution < 1.29 is 4.79 Å². The highest BCUT2D eigenvalue weighted by molar-refractivity contribution is 5.76. The summed E-state index contributed by atoms with van der Waals surface area (Å²) in [5.74, 6) is 0.0718. The molecular weight excluding hydrogens is 276 g/mol. The van der Waals surface area contributed by atoms with Crippen molar-refractivity contribution in [2.45, 2.75) is 25.4 Å². The zero-order valence-electron chi connectivity index (χ0n) is 13.4. The first-order valence-electron chi connectivity index (χ1n) is 7.73. The number of rotatable bonds is 6. The van der Waals surface area contributed by atoms with Gasteiger partial charge in [-0.1, -0.05) is 12.1 Å². The van der Waals surface area contributed by atoms with Crippen LogP contribution in [0.15, 0.2) is 24.3 Å². The molecule has 5 heteroatoms. The van der Waals surface area contributed by atoms with E-state index in [-0.39, 0.29) is 5.91 Å². The van der Waals surface area contributed by atoms with Gasteiger partial charge in [0.1, 0.15) is 0 Å². The molecule has 1 amide bonds. The zero-order valence-corrected chi connectivity index (χ0v) is 13.4. The molecule has 1 fully saturated rings. The Morgan fingerprint density at radius 2 is 2.18 bits per heavy atom. The topological polar surface area (TPSA) is 59.4 Å². The van der Waals surface area contributed by atoms with Crippen molar-refractivity contribution in [3.63, 3.8) is 0 Å². The summed E-state index contributed by atoms with van der Waals surface area (Å²) in [5, 5.41) is 11.7. The van der Waals surface area contributed by atoms with Crippen molar-refractivity contribution in [2.75, 3.05) is 33.7 Å². The molecule has 1 atom stereocenters. The van der Waals surface area contributed by atoms with E-state index in [0.29, 0.717) is 24.6 Å². The van der Waals surface area contributed by atoms with E-state index in [9.17, 15) is 4.79 Å². The molecule has 1 aliphatic rings. The van der Waals surface area contributed by atoms with Crippen LogP contribution in [-0.2, 0) is 11.3 Å². The quantitative estimate of drug-likeness (QED) is 0.857. The van der Waals surface area contributed by atoms with Crippen LogP contribution < -0.4 is 5.32 Å². The van der Waals surface area contributed by atoms with E-state index in [4.69, 9.17) is 5.26 Å². The lowest BCUT2D eigenvalue weighted by Crippen LogP contribution is -2.36. The molecule has 0 bridgehead atoms. The molecule has 0 aromatic heterocycles. The number of hydrogen-bond donors (Lipinski definition) is 1. The number of likely N-dealkylation sites (N-methyl/N-ethyl adjacent to an activating group) is 2. The molecule has 1 heterocycles. The van der Waals surface area contributed by atoms with Gasteiger partial charge in [0.05, 0.1) is 11.6 Å². The maximum absolute atomic E-state index is 11.9. The molecule has 1 saturated heterocycles. The second-order valence-corrected chi connectivity index (χ2v) is 6.02. The summed E-state index contributed by atoms with van der Waals surface area (Å²) in [6.45, 7) is 3.53. The summed E-state index contributed by atoms with van der Waals surface area (Å²) in [4.78, 5) is 16.5. The predicted molar refractivity (Wildman–Crippen MR) is 86.2 cm³/mol. The van der Waals surface area contributed by atoms with Crippen molar-refractivity contribution in [3.8, 4) is 6.07 Å². The minimum atomic E-state index is 0.0718. The fourth-order valence-electron chi connectivity index (χ4n) is 2.72. The van der Waals surface area contributed by atoms with E-state index in [2.05, 4.69) is 35.3 Å². The van der Waals surface area contributed by atoms with Crippen LogP contribution in [0.5, 0.6) is 0 Å². The van der Waals surface area contributed by atoms with Crippen molar-refractivity contribution >= 4 is 5.91 Å². The molecule has 22 heavy (non-hydrogen) atoms. The molecule has 1 aromatic rings. The summed E-state index contributed by atoms with van der Waals surface area (Å²) in [7, 11) is 4.23. The molecule has 0 unspecified atom stereocenters. The number of carbonyl (C=O) groups excluding carboxylic acids is 1. The summed E-state index contributed by atoms with van der Waals surface area (Å²) >= 11 is 0. The number of amides is 1. The Balaban J connectivity index is 1.68. The van der Waals surface area contributed by atoms with Crippen LogP contribution in [0, 0.1) is 11.3 Å².